The Bertz CT molecular complexity index is 702. The van der Waals surface area contributed by atoms with Crippen LogP contribution in [0.3, 0.4) is 0 Å². The molecule has 0 saturated heterocycles. The molecule has 0 amide bonds. The lowest BCUT2D eigenvalue weighted by Crippen LogP contribution is -1.94. The molecule has 3 aromatic rings. The highest BCUT2D eigenvalue weighted by atomic mass is 35.5. The summed E-state index contributed by atoms with van der Waals surface area (Å²) in [7, 11) is 0. The summed E-state index contributed by atoms with van der Waals surface area (Å²) in [5.74, 6) is 0.675. The van der Waals surface area contributed by atoms with Gasteiger partial charge in [-0.15, -0.1) is 0 Å². The predicted octanol–water partition coefficient (Wildman–Crippen LogP) is 4.59. The van der Waals surface area contributed by atoms with Crippen molar-refractivity contribution in [2.45, 2.75) is 0 Å². The molecule has 2 aromatic carbocycles. The molecule has 0 fully saturated rings. The van der Waals surface area contributed by atoms with Crippen LogP contribution in [0.15, 0.2) is 66.7 Å². The van der Waals surface area contributed by atoms with Gasteiger partial charge in [0.15, 0.2) is 0 Å². The molecule has 0 spiro atoms. The summed E-state index contributed by atoms with van der Waals surface area (Å²) in [6.45, 7) is 0. The van der Waals surface area contributed by atoms with E-state index >= 15 is 0 Å². The minimum atomic E-state index is 0.238. The Kier molecular flexibility index (Phi) is 3.61. The molecule has 0 aliphatic heterocycles. The molecule has 98 valence electrons. The average molecular weight is 283 g/mol. The van der Waals surface area contributed by atoms with Crippen LogP contribution in [0.1, 0.15) is 0 Å². The van der Waals surface area contributed by atoms with E-state index in [1.807, 2.05) is 60.7 Å². The molecule has 20 heavy (non-hydrogen) atoms. The zero-order chi connectivity index (χ0) is 13.8. The first kappa shape index (κ1) is 12.6. The van der Waals surface area contributed by atoms with Gasteiger partial charge in [-0.3, -0.25) is 0 Å². The maximum Gasteiger partial charge on any atom is 0.323 e. The van der Waals surface area contributed by atoms with E-state index in [9.17, 15) is 0 Å². The van der Waals surface area contributed by atoms with Crippen molar-refractivity contribution in [3.63, 3.8) is 0 Å². The Morgan fingerprint density at radius 3 is 2.15 bits per heavy atom. The van der Waals surface area contributed by atoms with Crippen LogP contribution >= 0.6 is 11.6 Å². The number of benzene rings is 2. The highest BCUT2D eigenvalue weighted by molar-refractivity contribution is 6.29. The second-order valence-electron chi connectivity index (χ2n) is 4.14. The Balaban J connectivity index is 1.95. The van der Waals surface area contributed by atoms with Crippen molar-refractivity contribution < 1.29 is 4.74 Å². The highest BCUT2D eigenvalue weighted by Gasteiger charge is 2.07. The maximum atomic E-state index is 6.04. The fourth-order valence-corrected chi connectivity index (χ4v) is 1.97. The van der Waals surface area contributed by atoms with Crippen molar-refractivity contribution in [2.75, 3.05) is 0 Å². The molecule has 0 unspecified atom stereocenters. The lowest BCUT2D eigenvalue weighted by molar-refractivity contribution is 0.442. The summed E-state index contributed by atoms with van der Waals surface area (Å²) >= 11 is 6.04. The van der Waals surface area contributed by atoms with E-state index in [1.54, 1.807) is 6.07 Å². The Morgan fingerprint density at radius 2 is 1.45 bits per heavy atom. The lowest BCUT2D eigenvalue weighted by atomic mass is 10.1. The van der Waals surface area contributed by atoms with Gasteiger partial charge in [-0.25, -0.2) is 0 Å². The van der Waals surface area contributed by atoms with E-state index in [2.05, 4.69) is 9.97 Å². The van der Waals surface area contributed by atoms with Crippen molar-refractivity contribution in [3.8, 4) is 23.0 Å². The second-order valence-corrected chi connectivity index (χ2v) is 4.53. The molecule has 0 saturated carbocycles. The number of rotatable bonds is 3. The number of para-hydroxylation sites is 1. The molecule has 1 aromatic heterocycles. The minimum absolute atomic E-state index is 0.238. The van der Waals surface area contributed by atoms with Gasteiger partial charge in [0.2, 0.25) is 0 Å². The van der Waals surface area contributed by atoms with Gasteiger partial charge >= 0.3 is 6.01 Å². The zero-order valence-corrected chi connectivity index (χ0v) is 11.3. The van der Waals surface area contributed by atoms with Crippen molar-refractivity contribution in [2.24, 2.45) is 0 Å². The Hall–Kier alpha value is -2.39. The largest absolute Gasteiger partial charge is 0.424 e. The molecule has 0 atom stereocenters. The van der Waals surface area contributed by atoms with E-state index in [0.717, 1.165) is 11.3 Å². The average Bonchev–Trinajstić information content (AvgIpc) is 2.49. The molecule has 4 heteroatoms. The second kappa shape index (κ2) is 5.72. The highest BCUT2D eigenvalue weighted by Crippen LogP contribution is 2.24. The van der Waals surface area contributed by atoms with Gasteiger partial charge in [0.25, 0.3) is 0 Å². The van der Waals surface area contributed by atoms with Gasteiger partial charge in [0.1, 0.15) is 10.9 Å². The standard InChI is InChI=1S/C16H11ClN2O/c17-15-11-14(12-7-3-1-4-8-12)18-16(19-15)20-13-9-5-2-6-10-13/h1-11H. The molecule has 3 rings (SSSR count). The van der Waals surface area contributed by atoms with Gasteiger partial charge < -0.3 is 4.74 Å². The van der Waals surface area contributed by atoms with Crippen LogP contribution in [0, 0.1) is 0 Å². The third-order valence-electron chi connectivity index (χ3n) is 2.70. The van der Waals surface area contributed by atoms with Crippen LogP contribution in [0.4, 0.5) is 0 Å². The number of hydrogen-bond donors (Lipinski definition) is 0. The molecule has 3 nitrogen and oxygen atoms in total. The summed E-state index contributed by atoms with van der Waals surface area (Å²) in [5.41, 5.74) is 1.70. The molecule has 0 N–H and O–H groups in total. The van der Waals surface area contributed by atoms with E-state index in [-0.39, 0.29) is 6.01 Å². The summed E-state index contributed by atoms with van der Waals surface area (Å²) < 4.78 is 5.61. The third kappa shape index (κ3) is 2.95. The van der Waals surface area contributed by atoms with Crippen LogP contribution in [-0.4, -0.2) is 9.97 Å². The number of hydrogen-bond acceptors (Lipinski definition) is 3. The van der Waals surface area contributed by atoms with Crippen LogP contribution in [-0.2, 0) is 0 Å². The third-order valence-corrected chi connectivity index (χ3v) is 2.89. The first-order chi connectivity index (χ1) is 9.81. The number of ether oxygens (including phenoxy) is 1. The fraction of sp³-hybridized carbons (Fsp3) is 0. The summed E-state index contributed by atoms with van der Waals surface area (Å²) in [6.07, 6.45) is 0. The maximum absolute atomic E-state index is 6.04. The van der Waals surface area contributed by atoms with E-state index in [0.29, 0.717) is 10.9 Å². The van der Waals surface area contributed by atoms with Crippen molar-refractivity contribution >= 4 is 11.6 Å². The summed E-state index contributed by atoms with van der Waals surface area (Å²) in [5, 5.41) is 0.352. The van der Waals surface area contributed by atoms with Crippen molar-refractivity contribution in [1.82, 2.24) is 9.97 Å². The van der Waals surface area contributed by atoms with Gasteiger partial charge in [-0.1, -0.05) is 60.1 Å². The summed E-state index contributed by atoms with van der Waals surface area (Å²) in [6, 6.07) is 21.1. The quantitative estimate of drug-likeness (QED) is 0.659. The lowest BCUT2D eigenvalue weighted by Gasteiger charge is -2.06. The molecular formula is C16H11ClN2O. The van der Waals surface area contributed by atoms with Crippen LogP contribution in [0.5, 0.6) is 11.8 Å². The van der Waals surface area contributed by atoms with Gasteiger partial charge in [0, 0.05) is 11.6 Å². The Morgan fingerprint density at radius 1 is 0.800 bits per heavy atom. The normalized spacial score (nSPS) is 10.2. The molecule has 0 radical (unpaired) electrons. The van der Waals surface area contributed by atoms with E-state index < -0.39 is 0 Å². The van der Waals surface area contributed by atoms with Crippen LogP contribution in [0.25, 0.3) is 11.3 Å². The smallest absolute Gasteiger partial charge is 0.323 e. The van der Waals surface area contributed by atoms with E-state index in [1.165, 1.54) is 0 Å². The predicted molar refractivity (Wildman–Crippen MR) is 79.0 cm³/mol. The number of halogens is 1. The topological polar surface area (TPSA) is 35.0 Å². The SMILES string of the molecule is Clc1cc(-c2ccccc2)nc(Oc2ccccc2)n1. The molecular weight excluding hydrogens is 272 g/mol. The van der Waals surface area contributed by atoms with E-state index in [4.69, 9.17) is 16.3 Å². The first-order valence-corrected chi connectivity index (χ1v) is 6.52. The van der Waals surface area contributed by atoms with Crippen LogP contribution < -0.4 is 4.74 Å². The molecule has 0 aliphatic rings. The summed E-state index contributed by atoms with van der Waals surface area (Å²) in [4.78, 5) is 8.47. The molecule has 0 aliphatic carbocycles. The van der Waals surface area contributed by atoms with Gasteiger partial charge in [0.05, 0.1) is 5.69 Å². The zero-order valence-electron chi connectivity index (χ0n) is 10.5. The number of aromatic nitrogens is 2. The number of nitrogens with zero attached hydrogens (tertiary/aromatic N) is 2. The molecule has 0 bridgehead atoms. The molecule has 1 heterocycles. The van der Waals surface area contributed by atoms with Crippen molar-refractivity contribution in [3.05, 3.63) is 71.9 Å². The van der Waals surface area contributed by atoms with Crippen LogP contribution in [0.2, 0.25) is 5.15 Å². The van der Waals surface area contributed by atoms with Crippen molar-refractivity contribution in [1.29, 1.82) is 0 Å². The fourth-order valence-electron chi connectivity index (χ4n) is 1.79. The van der Waals surface area contributed by atoms with Gasteiger partial charge in [-0.05, 0) is 12.1 Å². The minimum Gasteiger partial charge on any atom is -0.424 e. The first-order valence-electron chi connectivity index (χ1n) is 6.14. The Labute approximate surface area is 121 Å². The van der Waals surface area contributed by atoms with Gasteiger partial charge in [-0.2, -0.15) is 9.97 Å². The monoisotopic (exact) mass is 282 g/mol.